The molecule has 0 amide bonds. The molecule has 0 bridgehead atoms. The minimum Gasteiger partial charge on any atom is -0.467 e. The number of aryl methyl sites for hydroxylation is 2. The first-order valence-corrected chi connectivity index (χ1v) is 6.95. The molecular weight excluding hydrogens is 270 g/mol. The first-order chi connectivity index (χ1) is 10.2. The van der Waals surface area contributed by atoms with Gasteiger partial charge in [-0.1, -0.05) is 6.92 Å². The van der Waals surface area contributed by atoms with Crippen molar-refractivity contribution in [3.63, 3.8) is 0 Å². The molecule has 0 spiro atoms. The van der Waals surface area contributed by atoms with Crippen molar-refractivity contribution in [1.82, 2.24) is 24.7 Å². The largest absolute Gasteiger partial charge is 0.467 e. The van der Waals surface area contributed by atoms with Crippen LogP contribution < -0.4 is 15.4 Å². The van der Waals surface area contributed by atoms with Crippen molar-refractivity contribution in [2.75, 3.05) is 24.3 Å². The lowest BCUT2D eigenvalue weighted by molar-refractivity contribution is 0.379. The second-order valence-corrected chi connectivity index (χ2v) is 4.48. The summed E-state index contributed by atoms with van der Waals surface area (Å²) in [4.78, 5) is 12.6. The van der Waals surface area contributed by atoms with Gasteiger partial charge < -0.3 is 15.4 Å². The van der Waals surface area contributed by atoms with E-state index < -0.39 is 0 Å². The predicted molar refractivity (Wildman–Crippen MR) is 80.5 cm³/mol. The van der Waals surface area contributed by atoms with Crippen LogP contribution in [0.25, 0.3) is 0 Å². The Balaban J connectivity index is 2.13. The van der Waals surface area contributed by atoms with E-state index in [0.29, 0.717) is 18.4 Å². The maximum absolute atomic E-state index is 5.08. The number of anilines is 2. The third-order valence-corrected chi connectivity index (χ3v) is 2.90. The van der Waals surface area contributed by atoms with Crippen LogP contribution in [0.4, 0.5) is 11.9 Å². The molecular formula is C13H21N7O. The number of hydrogen-bond donors (Lipinski definition) is 2. The quantitative estimate of drug-likeness (QED) is 0.792. The van der Waals surface area contributed by atoms with E-state index in [1.54, 1.807) is 0 Å². The molecule has 2 heterocycles. The van der Waals surface area contributed by atoms with Crippen molar-refractivity contribution in [2.24, 2.45) is 7.05 Å². The summed E-state index contributed by atoms with van der Waals surface area (Å²) in [5.41, 5.74) is 2.20. The van der Waals surface area contributed by atoms with Crippen LogP contribution in [-0.4, -0.2) is 38.4 Å². The molecule has 2 aromatic heterocycles. The second-order valence-electron chi connectivity index (χ2n) is 4.48. The summed E-state index contributed by atoms with van der Waals surface area (Å²) in [5.74, 6) is 0.970. The molecule has 8 nitrogen and oxygen atoms in total. The van der Waals surface area contributed by atoms with Gasteiger partial charge in [-0.15, -0.1) is 0 Å². The standard InChI is InChI=1S/C13H21N7O/c1-5-10-9(8-20(3)19-10)7-15-12-16-11(14-6-2)17-13(18-12)21-4/h8H,5-7H2,1-4H3,(H2,14,15,16,17,18). The van der Waals surface area contributed by atoms with Gasteiger partial charge in [0.05, 0.1) is 12.8 Å². The number of methoxy groups -OCH3 is 1. The highest BCUT2D eigenvalue weighted by atomic mass is 16.5. The van der Waals surface area contributed by atoms with Crippen LogP contribution in [0.3, 0.4) is 0 Å². The molecule has 0 atom stereocenters. The SMILES string of the molecule is CCNc1nc(NCc2cn(C)nc2CC)nc(OC)n1. The van der Waals surface area contributed by atoms with Crippen LogP contribution in [0, 0.1) is 0 Å². The number of nitrogens with one attached hydrogen (secondary N) is 2. The first-order valence-electron chi connectivity index (χ1n) is 6.95. The fraction of sp³-hybridized carbons (Fsp3) is 0.538. The zero-order valence-electron chi connectivity index (χ0n) is 12.8. The Bertz CT molecular complexity index is 596. The highest BCUT2D eigenvalue weighted by molar-refractivity contribution is 5.36. The van der Waals surface area contributed by atoms with Crippen LogP contribution in [-0.2, 0) is 20.0 Å². The van der Waals surface area contributed by atoms with E-state index in [4.69, 9.17) is 4.74 Å². The van der Waals surface area contributed by atoms with Gasteiger partial charge in [0.1, 0.15) is 0 Å². The Hall–Kier alpha value is -2.38. The van der Waals surface area contributed by atoms with Gasteiger partial charge in [-0.2, -0.15) is 20.1 Å². The Morgan fingerprint density at radius 2 is 1.86 bits per heavy atom. The summed E-state index contributed by atoms with van der Waals surface area (Å²) in [7, 11) is 3.45. The van der Waals surface area contributed by atoms with Crippen LogP contribution in [0.5, 0.6) is 6.01 Å². The molecule has 8 heteroatoms. The predicted octanol–water partition coefficient (Wildman–Crippen LogP) is 1.22. The van der Waals surface area contributed by atoms with Crippen LogP contribution in [0.1, 0.15) is 25.1 Å². The summed E-state index contributed by atoms with van der Waals surface area (Å²) in [6, 6.07) is 0.283. The number of aromatic nitrogens is 5. The monoisotopic (exact) mass is 291 g/mol. The van der Waals surface area contributed by atoms with Crippen molar-refractivity contribution < 1.29 is 4.74 Å². The molecule has 0 aliphatic heterocycles. The van der Waals surface area contributed by atoms with Crippen molar-refractivity contribution in [2.45, 2.75) is 26.8 Å². The molecule has 2 rings (SSSR count). The summed E-state index contributed by atoms with van der Waals surface area (Å²) in [6.45, 7) is 5.40. The minimum atomic E-state index is 0.283. The van der Waals surface area contributed by atoms with Gasteiger partial charge in [-0.05, 0) is 13.3 Å². The molecule has 0 aliphatic rings. The van der Waals surface area contributed by atoms with E-state index in [1.807, 2.05) is 24.9 Å². The Labute approximate surface area is 124 Å². The van der Waals surface area contributed by atoms with E-state index >= 15 is 0 Å². The zero-order valence-corrected chi connectivity index (χ0v) is 12.8. The van der Waals surface area contributed by atoms with E-state index in [0.717, 1.165) is 24.2 Å². The number of hydrogen-bond acceptors (Lipinski definition) is 7. The average molecular weight is 291 g/mol. The molecule has 0 aliphatic carbocycles. The van der Waals surface area contributed by atoms with Crippen LogP contribution in [0.15, 0.2) is 6.20 Å². The van der Waals surface area contributed by atoms with Gasteiger partial charge in [0, 0.05) is 31.9 Å². The number of ether oxygens (including phenoxy) is 1. The molecule has 0 saturated carbocycles. The number of rotatable bonds is 7. The van der Waals surface area contributed by atoms with Crippen LogP contribution >= 0.6 is 0 Å². The van der Waals surface area contributed by atoms with E-state index in [2.05, 4.69) is 37.6 Å². The molecule has 0 radical (unpaired) electrons. The van der Waals surface area contributed by atoms with Crippen molar-refractivity contribution in [3.05, 3.63) is 17.5 Å². The zero-order chi connectivity index (χ0) is 15.2. The molecule has 2 N–H and O–H groups in total. The third-order valence-electron chi connectivity index (χ3n) is 2.90. The summed E-state index contributed by atoms with van der Waals surface area (Å²) < 4.78 is 6.90. The van der Waals surface area contributed by atoms with Crippen molar-refractivity contribution >= 4 is 11.9 Å². The van der Waals surface area contributed by atoms with Gasteiger partial charge in [-0.25, -0.2) is 0 Å². The average Bonchev–Trinajstić information content (AvgIpc) is 2.85. The smallest absolute Gasteiger partial charge is 0.322 e. The first kappa shape index (κ1) is 15.0. The molecule has 0 unspecified atom stereocenters. The lowest BCUT2D eigenvalue weighted by Crippen LogP contribution is -2.10. The van der Waals surface area contributed by atoms with Gasteiger partial charge in [0.25, 0.3) is 0 Å². The Morgan fingerprint density at radius 3 is 2.48 bits per heavy atom. The molecule has 114 valence electrons. The fourth-order valence-corrected chi connectivity index (χ4v) is 1.97. The van der Waals surface area contributed by atoms with Gasteiger partial charge in [-0.3, -0.25) is 4.68 Å². The molecule has 0 saturated heterocycles. The fourth-order valence-electron chi connectivity index (χ4n) is 1.97. The van der Waals surface area contributed by atoms with E-state index in [-0.39, 0.29) is 6.01 Å². The maximum atomic E-state index is 5.08. The second kappa shape index (κ2) is 6.87. The molecule has 21 heavy (non-hydrogen) atoms. The van der Waals surface area contributed by atoms with Crippen LogP contribution in [0.2, 0.25) is 0 Å². The summed E-state index contributed by atoms with van der Waals surface area (Å²) in [6.07, 6.45) is 2.89. The molecule has 0 aromatic carbocycles. The Morgan fingerprint density at radius 1 is 1.14 bits per heavy atom. The normalized spacial score (nSPS) is 10.5. The van der Waals surface area contributed by atoms with Gasteiger partial charge >= 0.3 is 6.01 Å². The third kappa shape index (κ3) is 3.80. The van der Waals surface area contributed by atoms with Gasteiger partial charge in [0.15, 0.2) is 0 Å². The highest BCUT2D eigenvalue weighted by Gasteiger charge is 2.09. The highest BCUT2D eigenvalue weighted by Crippen LogP contribution is 2.13. The topological polar surface area (TPSA) is 89.8 Å². The van der Waals surface area contributed by atoms with E-state index in [9.17, 15) is 0 Å². The van der Waals surface area contributed by atoms with Crippen molar-refractivity contribution in [1.29, 1.82) is 0 Å². The van der Waals surface area contributed by atoms with Gasteiger partial charge in [0.2, 0.25) is 11.9 Å². The molecule has 2 aromatic rings. The minimum absolute atomic E-state index is 0.283. The Kier molecular flexibility index (Phi) is 4.91. The lowest BCUT2D eigenvalue weighted by atomic mass is 10.2. The van der Waals surface area contributed by atoms with E-state index in [1.165, 1.54) is 7.11 Å². The van der Waals surface area contributed by atoms with Crippen molar-refractivity contribution in [3.8, 4) is 6.01 Å². The lowest BCUT2D eigenvalue weighted by Gasteiger charge is -2.08. The number of nitrogens with zero attached hydrogens (tertiary/aromatic N) is 5. The maximum Gasteiger partial charge on any atom is 0.322 e. The summed E-state index contributed by atoms with van der Waals surface area (Å²) in [5, 5.41) is 10.6. The summed E-state index contributed by atoms with van der Waals surface area (Å²) >= 11 is 0. The molecule has 0 fully saturated rings.